The van der Waals surface area contributed by atoms with Gasteiger partial charge in [0, 0.05) is 31.6 Å². The molecule has 78 valence electrons. The van der Waals surface area contributed by atoms with Crippen LogP contribution in [0.3, 0.4) is 0 Å². The molecule has 0 amide bonds. The fourth-order valence-electron chi connectivity index (χ4n) is 1.74. The maximum Gasteiger partial charge on any atom is 0.248 e. The maximum absolute atomic E-state index is 12.8. The van der Waals surface area contributed by atoms with Crippen molar-refractivity contribution in [2.45, 2.75) is 45.0 Å². The monoisotopic (exact) mass is 200 g/mol. The predicted molar refractivity (Wildman–Crippen MR) is 50.0 cm³/mol. The molecule has 14 heavy (non-hydrogen) atoms. The van der Waals surface area contributed by atoms with Crippen molar-refractivity contribution in [1.82, 2.24) is 0 Å². The minimum absolute atomic E-state index is 0.0510. The van der Waals surface area contributed by atoms with Crippen LogP contribution in [0.25, 0.3) is 0 Å². The third kappa shape index (κ3) is 3.10. The molecule has 1 aliphatic rings. The van der Waals surface area contributed by atoms with E-state index < -0.39 is 11.8 Å². The molecule has 1 atom stereocenters. The van der Waals surface area contributed by atoms with Crippen molar-refractivity contribution >= 4 is 5.78 Å². The van der Waals surface area contributed by atoms with Gasteiger partial charge in [0.2, 0.25) is 5.92 Å². The van der Waals surface area contributed by atoms with Gasteiger partial charge in [-0.15, -0.1) is 11.8 Å². The van der Waals surface area contributed by atoms with Gasteiger partial charge < -0.3 is 0 Å². The van der Waals surface area contributed by atoms with E-state index in [0.717, 1.165) is 0 Å². The molecule has 0 aromatic heterocycles. The number of alkyl halides is 2. The van der Waals surface area contributed by atoms with Crippen LogP contribution in [-0.2, 0) is 4.79 Å². The highest BCUT2D eigenvalue weighted by atomic mass is 19.3. The van der Waals surface area contributed by atoms with Crippen molar-refractivity contribution < 1.29 is 13.6 Å². The Kier molecular flexibility index (Phi) is 3.62. The highest BCUT2D eigenvalue weighted by Gasteiger charge is 2.41. The fraction of sp³-hybridized carbons (Fsp3) is 0.727. The van der Waals surface area contributed by atoms with E-state index in [4.69, 9.17) is 0 Å². The third-order valence-electron chi connectivity index (χ3n) is 2.53. The van der Waals surface area contributed by atoms with Gasteiger partial charge in [-0.2, -0.15) is 0 Å². The van der Waals surface area contributed by atoms with E-state index in [9.17, 15) is 13.6 Å². The van der Waals surface area contributed by atoms with Crippen molar-refractivity contribution in [2.24, 2.45) is 5.92 Å². The average Bonchev–Trinajstić information content (AvgIpc) is 2.46. The second-order valence-corrected chi connectivity index (χ2v) is 3.69. The second-order valence-electron chi connectivity index (χ2n) is 3.69. The van der Waals surface area contributed by atoms with Gasteiger partial charge in [0.05, 0.1) is 0 Å². The molecule has 0 aromatic rings. The zero-order valence-electron chi connectivity index (χ0n) is 8.28. The first kappa shape index (κ1) is 11.2. The molecule has 0 radical (unpaired) electrons. The Bertz CT molecular complexity index is 273. The van der Waals surface area contributed by atoms with E-state index >= 15 is 0 Å². The SMILES string of the molecule is CC#CCCC(=O)C1CCC(F)(F)C1. The zero-order valence-corrected chi connectivity index (χ0v) is 8.28. The number of carbonyl (C=O) groups is 1. The van der Waals surface area contributed by atoms with Crippen molar-refractivity contribution in [1.29, 1.82) is 0 Å². The van der Waals surface area contributed by atoms with Crippen molar-refractivity contribution in [3.63, 3.8) is 0 Å². The lowest BCUT2D eigenvalue weighted by Crippen LogP contribution is -2.15. The molecule has 0 heterocycles. The number of rotatable bonds is 3. The summed E-state index contributed by atoms with van der Waals surface area (Å²) in [6, 6.07) is 0. The minimum Gasteiger partial charge on any atom is -0.299 e. The van der Waals surface area contributed by atoms with Gasteiger partial charge in [-0.05, 0) is 13.3 Å². The van der Waals surface area contributed by atoms with Gasteiger partial charge in [-0.25, -0.2) is 8.78 Å². The number of carbonyl (C=O) groups excluding carboxylic acids is 1. The van der Waals surface area contributed by atoms with Crippen molar-refractivity contribution in [3.8, 4) is 11.8 Å². The lowest BCUT2D eigenvalue weighted by Gasteiger charge is -2.08. The van der Waals surface area contributed by atoms with E-state index in [2.05, 4.69) is 11.8 Å². The number of hydrogen-bond donors (Lipinski definition) is 0. The van der Waals surface area contributed by atoms with E-state index in [0.29, 0.717) is 19.3 Å². The Labute approximate surface area is 82.9 Å². The van der Waals surface area contributed by atoms with Crippen LogP contribution in [-0.4, -0.2) is 11.7 Å². The standard InChI is InChI=1S/C11H14F2O/c1-2-3-4-5-10(14)9-6-7-11(12,13)8-9/h9H,4-8H2,1H3. The lowest BCUT2D eigenvalue weighted by molar-refractivity contribution is -0.123. The summed E-state index contributed by atoms with van der Waals surface area (Å²) in [6.07, 6.45) is 0.763. The first-order chi connectivity index (χ1) is 6.55. The number of ketones is 1. The van der Waals surface area contributed by atoms with E-state index in [1.807, 2.05) is 0 Å². The first-order valence-electron chi connectivity index (χ1n) is 4.85. The molecule has 1 aliphatic carbocycles. The van der Waals surface area contributed by atoms with Crippen molar-refractivity contribution in [3.05, 3.63) is 0 Å². The Morgan fingerprint density at radius 2 is 2.29 bits per heavy atom. The van der Waals surface area contributed by atoms with Crippen LogP contribution in [0.2, 0.25) is 0 Å². The molecule has 1 fully saturated rings. The van der Waals surface area contributed by atoms with E-state index in [1.165, 1.54) is 0 Å². The first-order valence-corrected chi connectivity index (χ1v) is 4.85. The van der Waals surface area contributed by atoms with Gasteiger partial charge in [-0.3, -0.25) is 4.79 Å². The van der Waals surface area contributed by atoms with Gasteiger partial charge in [0.15, 0.2) is 0 Å². The molecule has 0 N–H and O–H groups in total. The maximum atomic E-state index is 12.8. The average molecular weight is 200 g/mol. The second kappa shape index (κ2) is 4.54. The van der Waals surface area contributed by atoms with Gasteiger partial charge in [0.1, 0.15) is 5.78 Å². The number of hydrogen-bond acceptors (Lipinski definition) is 1. The van der Waals surface area contributed by atoms with Crippen molar-refractivity contribution in [2.75, 3.05) is 0 Å². The predicted octanol–water partition coefficient (Wildman–Crippen LogP) is 2.79. The van der Waals surface area contributed by atoms with Crippen LogP contribution in [0.5, 0.6) is 0 Å². The molecule has 0 aliphatic heterocycles. The summed E-state index contributed by atoms with van der Waals surface area (Å²) >= 11 is 0. The van der Waals surface area contributed by atoms with E-state index in [-0.39, 0.29) is 18.6 Å². The Hall–Kier alpha value is -0.910. The molecular formula is C11H14F2O. The lowest BCUT2D eigenvalue weighted by atomic mass is 9.99. The quantitative estimate of drug-likeness (QED) is 0.640. The molecule has 0 spiro atoms. The van der Waals surface area contributed by atoms with Gasteiger partial charge in [0.25, 0.3) is 0 Å². The summed E-state index contributed by atoms with van der Waals surface area (Å²) in [4.78, 5) is 11.4. The molecule has 0 saturated heterocycles. The van der Waals surface area contributed by atoms with Crippen LogP contribution in [0.4, 0.5) is 8.78 Å². The summed E-state index contributed by atoms with van der Waals surface area (Å²) in [5.74, 6) is 2.35. The number of Topliss-reactive ketones (excluding diaryl/α,β-unsaturated/α-hetero) is 1. The van der Waals surface area contributed by atoms with Crippen LogP contribution in [0.1, 0.15) is 39.0 Å². The third-order valence-corrected chi connectivity index (χ3v) is 2.53. The Morgan fingerprint density at radius 3 is 2.79 bits per heavy atom. The van der Waals surface area contributed by atoms with Crippen LogP contribution >= 0.6 is 0 Å². The Balaban J connectivity index is 2.35. The molecule has 3 heteroatoms. The fourth-order valence-corrected chi connectivity index (χ4v) is 1.74. The van der Waals surface area contributed by atoms with Gasteiger partial charge in [-0.1, -0.05) is 0 Å². The molecule has 1 unspecified atom stereocenters. The summed E-state index contributed by atoms with van der Waals surface area (Å²) in [6.45, 7) is 1.70. The smallest absolute Gasteiger partial charge is 0.248 e. The summed E-state index contributed by atoms with van der Waals surface area (Å²) in [5.41, 5.74) is 0. The van der Waals surface area contributed by atoms with Crippen LogP contribution < -0.4 is 0 Å². The summed E-state index contributed by atoms with van der Waals surface area (Å²) < 4.78 is 25.5. The summed E-state index contributed by atoms with van der Waals surface area (Å²) in [7, 11) is 0. The molecule has 1 nitrogen and oxygen atoms in total. The highest BCUT2D eigenvalue weighted by Crippen LogP contribution is 2.39. The number of halogens is 2. The van der Waals surface area contributed by atoms with E-state index in [1.54, 1.807) is 6.92 Å². The summed E-state index contributed by atoms with van der Waals surface area (Å²) in [5, 5.41) is 0. The van der Waals surface area contributed by atoms with Crippen LogP contribution in [0.15, 0.2) is 0 Å². The van der Waals surface area contributed by atoms with Crippen LogP contribution in [0, 0.1) is 17.8 Å². The molecule has 1 rings (SSSR count). The highest BCUT2D eigenvalue weighted by molar-refractivity contribution is 5.81. The molecule has 1 saturated carbocycles. The molecule has 0 aromatic carbocycles. The molecular weight excluding hydrogens is 186 g/mol. The topological polar surface area (TPSA) is 17.1 Å². The Morgan fingerprint density at radius 1 is 1.57 bits per heavy atom. The minimum atomic E-state index is -2.61. The normalized spacial score (nSPS) is 24.1. The zero-order chi connectivity index (χ0) is 10.6. The van der Waals surface area contributed by atoms with Gasteiger partial charge >= 0.3 is 0 Å². The largest absolute Gasteiger partial charge is 0.299 e. The molecule has 0 bridgehead atoms.